The summed E-state index contributed by atoms with van der Waals surface area (Å²) in [6, 6.07) is 8.26. The van der Waals surface area contributed by atoms with Gasteiger partial charge < -0.3 is 9.47 Å². The van der Waals surface area contributed by atoms with Crippen LogP contribution in [0.1, 0.15) is 12.8 Å². The van der Waals surface area contributed by atoms with Crippen molar-refractivity contribution in [3.63, 3.8) is 0 Å². The van der Waals surface area contributed by atoms with E-state index in [0.29, 0.717) is 5.92 Å². The van der Waals surface area contributed by atoms with Crippen LogP contribution in [0.4, 0.5) is 0 Å². The lowest BCUT2D eigenvalue weighted by atomic mass is 9.98. The Kier molecular flexibility index (Phi) is 3.68. The third kappa shape index (κ3) is 2.55. The van der Waals surface area contributed by atoms with Crippen molar-refractivity contribution < 1.29 is 0 Å². The molecule has 22 heavy (non-hydrogen) atoms. The first-order valence-corrected chi connectivity index (χ1v) is 8.73. The zero-order valence-corrected chi connectivity index (χ0v) is 13.6. The van der Waals surface area contributed by atoms with E-state index in [1.54, 1.807) is 11.3 Å². The summed E-state index contributed by atoms with van der Waals surface area (Å²) in [4.78, 5) is 13.1. The first-order chi connectivity index (χ1) is 10.8. The number of aromatic nitrogens is 3. The first kappa shape index (κ1) is 13.9. The molecule has 3 aromatic rings. The highest BCUT2D eigenvalue weighted by Gasteiger charge is 2.21. The monoisotopic (exact) mass is 312 g/mol. The molecule has 1 unspecified atom stereocenters. The van der Waals surface area contributed by atoms with E-state index in [2.05, 4.69) is 45.1 Å². The quantitative estimate of drug-likeness (QED) is 0.742. The molecule has 0 spiro atoms. The van der Waals surface area contributed by atoms with Crippen molar-refractivity contribution in [3.8, 4) is 10.7 Å². The maximum Gasteiger partial charge on any atom is 0.160 e. The zero-order valence-electron chi connectivity index (χ0n) is 12.8. The molecular formula is C17H20N4S. The second-order valence-electron chi connectivity index (χ2n) is 6.14. The van der Waals surface area contributed by atoms with Crippen molar-refractivity contribution in [2.24, 2.45) is 5.92 Å². The third-order valence-electron chi connectivity index (χ3n) is 4.41. The van der Waals surface area contributed by atoms with E-state index in [-0.39, 0.29) is 0 Å². The molecule has 4 heterocycles. The third-order valence-corrected chi connectivity index (χ3v) is 5.27. The van der Waals surface area contributed by atoms with Crippen molar-refractivity contribution in [1.29, 1.82) is 0 Å². The van der Waals surface area contributed by atoms with Gasteiger partial charge in [0.2, 0.25) is 0 Å². The van der Waals surface area contributed by atoms with Crippen molar-refractivity contribution in [1.82, 2.24) is 19.4 Å². The highest BCUT2D eigenvalue weighted by molar-refractivity contribution is 7.13. The smallest absolute Gasteiger partial charge is 0.160 e. The lowest BCUT2D eigenvalue weighted by Crippen LogP contribution is -2.34. The second kappa shape index (κ2) is 5.82. The summed E-state index contributed by atoms with van der Waals surface area (Å²) in [6.07, 6.45) is 4.45. The molecule has 114 valence electrons. The molecule has 4 nitrogen and oxygen atoms in total. The lowest BCUT2D eigenvalue weighted by Gasteiger charge is -2.30. The standard InChI is InChI=1S/C17H20N4S/c1-20-9-3-5-13(11-20)12-21-16-14(6-2-8-18-16)19-17(21)15-7-4-10-22-15/h2,4,6-8,10,13H,3,5,9,11-12H2,1H3. The minimum atomic E-state index is 0.678. The molecule has 0 aliphatic carbocycles. The molecule has 1 fully saturated rings. The van der Waals surface area contributed by atoms with Crippen LogP contribution in [-0.2, 0) is 6.54 Å². The Morgan fingerprint density at radius 1 is 1.32 bits per heavy atom. The molecule has 0 radical (unpaired) electrons. The van der Waals surface area contributed by atoms with Gasteiger partial charge in [-0.3, -0.25) is 0 Å². The molecule has 0 amide bonds. The second-order valence-corrected chi connectivity index (χ2v) is 7.09. The van der Waals surface area contributed by atoms with Gasteiger partial charge >= 0.3 is 0 Å². The van der Waals surface area contributed by atoms with Gasteiger partial charge in [0, 0.05) is 19.3 Å². The van der Waals surface area contributed by atoms with E-state index < -0.39 is 0 Å². The van der Waals surface area contributed by atoms with Crippen molar-refractivity contribution in [2.45, 2.75) is 19.4 Å². The maximum absolute atomic E-state index is 4.84. The summed E-state index contributed by atoms with van der Waals surface area (Å²) in [5.74, 6) is 1.74. The number of nitrogens with zero attached hydrogens (tertiary/aromatic N) is 4. The van der Waals surface area contributed by atoms with Crippen LogP contribution in [0.3, 0.4) is 0 Å². The fraction of sp³-hybridized carbons (Fsp3) is 0.412. The molecule has 0 saturated carbocycles. The van der Waals surface area contributed by atoms with Crippen molar-refractivity contribution in [2.75, 3.05) is 20.1 Å². The Bertz CT molecular complexity index is 762. The van der Waals surface area contributed by atoms with E-state index in [0.717, 1.165) is 30.1 Å². The summed E-state index contributed by atoms with van der Waals surface area (Å²) in [5, 5.41) is 2.11. The molecule has 5 heteroatoms. The first-order valence-electron chi connectivity index (χ1n) is 7.85. The molecule has 1 saturated heterocycles. The molecule has 0 aromatic carbocycles. The van der Waals surface area contributed by atoms with Gasteiger partial charge in [0.1, 0.15) is 5.52 Å². The van der Waals surface area contributed by atoms with Crippen molar-refractivity contribution >= 4 is 22.5 Å². The van der Waals surface area contributed by atoms with Crippen molar-refractivity contribution in [3.05, 3.63) is 35.8 Å². The van der Waals surface area contributed by atoms with Crippen LogP contribution in [0.2, 0.25) is 0 Å². The largest absolute Gasteiger partial charge is 0.308 e. The molecule has 1 aliphatic heterocycles. The number of hydrogen-bond acceptors (Lipinski definition) is 4. The van der Waals surface area contributed by atoms with Gasteiger partial charge in [-0.15, -0.1) is 11.3 Å². The maximum atomic E-state index is 4.84. The summed E-state index contributed by atoms with van der Waals surface area (Å²) >= 11 is 1.75. The molecule has 0 N–H and O–H groups in total. The minimum absolute atomic E-state index is 0.678. The lowest BCUT2D eigenvalue weighted by molar-refractivity contribution is 0.196. The van der Waals surface area contributed by atoms with Crippen LogP contribution in [0.15, 0.2) is 35.8 Å². The van der Waals surface area contributed by atoms with Crippen LogP contribution >= 0.6 is 11.3 Å². The molecular weight excluding hydrogens is 292 g/mol. The highest BCUT2D eigenvalue weighted by Crippen LogP contribution is 2.29. The summed E-state index contributed by atoms with van der Waals surface area (Å²) < 4.78 is 2.32. The number of piperidine rings is 1. The fourth-order valence-electron chi connectivity index (χ4n) is 3.41. The van der Waals surface area contributed by atoms with Gasteiger partial charge in [-0.2, -0.15) is 0 Å². The van der Waals surface area contributed by atoms with Gasteiger partial charge in [0.25, 0.3) is 0 Å². The Hall–Kier alpha value is -1.72. The van der Waals surface area contributed by atoms with Gasteiger partial charge in [-0.05, 0) is 55.9 Å². The van der Waals surface area contributed by atoms with Gasteiger partial charge in [-0.25, -0.2) is 9.97 Å². The number of imidazole rings is 1. The Morgan fingerprint density at radius 2 is 2.27 bits per heavy atom. The number of hydrogen-bond donors (Lipinski definition) is 0. The van der Waals surface area contributed by atoms with Crippen LogP contribution in [0.5, 0.6) is 0 Å². The summed E-state index contributed by atoms with van der Waals surface area (Å²) in [5.41, 5.74) is 2.01. The van der Waals surface area contributed by atoms with E-state index >= 15 is 0 Å². The van der Waals surface area contributed by atoms with E-state index in [9.17, 15) is 0 Å². The number of thiophene rings is 1. The number of fused-ring (bicyclic) bond motifs is 1. The average Bonchev–Trinajstić information content (AvgIpc) is 3.15. The van der Waals surface area contributed by atoms with Gasteiger partial charge in [-0.1, -0.05) is 6.07 Å². The van der Waals surface area contributed by atoms with E-state index in [1.807, 2.05) is 12.3 Å². The number of pyridine rings is 1. The molecule has 1 atom stereocenters. The predicted molar refractivity (Wildman–Crippen MR) is 91.1 cm³/mol. The van der Waals surface area contributed by atoms with Gasteiger partial charge in [0.15, 0.2) is 11.5 Å². The Morgan fingerprint density at radius 3 is 3.09 bits per heavy atom. The topological polar surface area (TPSA) is 34.0 Å². The highest BCUT2D eigenvalue weighted by atomic mass is 32.1. The average molecular weight is 312 g/mol. The van der Waals surface area contributed by atoms with E-state index in [4.69, 9.17) is 4.98 Å². The SMILES string of the molecule is CN1CCCC(Cn2c(-c3cccs3)nc3cccnc32)C1. The van der Waals surface area contributed by atoms with Crippen LogP contribution < -0.4 is 0 Å². The van der Waals surface area contributed by atoms with E-state index in [1.165, 1.54) is 24.3 Å². The predicted octanol–water partition coefficient (Wildman–Crippen LogP) is 3.50. The Balaban J connectivity index is 1.75. The zero-order chi connectivity index (χ0) is 14.9. The molecule has 0 bridgehead atoms. The van der Waals surface area contributed by atoms with Crippen LogP contribution in [0.25, 0.3) is 21.9 Å². The van der Waals surface area contributed by atoms with Gasteiger partial charge in [0.05, 0.1) is 4.88 Å². The fourth-order valence-corrected chi connectivity index (χ4v) is 4.13. The molecule has 4 rings (SSSR count). The summed E-state index contributed by atoms with van der Waals surface area (Å²) in [6.45, 7) is 3.39. The van der Waals surface area contributed by atoms with Crippen LogP contribution in [-0.4, -0.2) is 39.6 Å². The molecule has 3 aromatic heterocycles. The number of likely N-dealkylation sites (tertiary alicyclic amines) is 1. The van der Waals surface area contributed by atoms with Crippen LogP contribution in [0, 0.1) is 5.92 Å². The summed E-state index contributed by atoms with van der Waals surface area (Å²) in [7, 11) is 2.22. The minimum Gasteiger partial charge on any atom is -0.308 e. The Labute approximate surface area is 134 Å². The molecule has 1 aliphatic rings. The number of rotatable bonds is 3. The normalized spacial score (nSPS) is 19.8.